The number of piperidine rings is 1. The van der Waals surface area contributed by atoms with Gasteiger partial charge in [0.15, 0.2) is 0 Å². The molecule has 0 aromatic carbocycles. The average molecular weight is 381 g/mol. The van der Waals surface area contributed by atoms with Crippen LogP contribution in [-0.4, -0.2) is 57.1 Å². The molecule has 0 bridgehead atoms. The number of likely N-dealkylation sites (tertiary alicyclic amines) is 2. The molecule has 4 heterocycles. The van der Waals surface area contributed by atoms with Gasteiger partial charge in [0, 0.05) is 32.0 Å². The van der Waals surface area contributed by atoms with Crippen LogP contribution in [0.3, 0.4) is 0 Å². The van der Waals surface area contributed by atoms with Crippen LogP contribution in [0.15, 0.2) is 28.9 Å². The molecular weight excluding hydrogens is 354 g/mol. The summed E-state index contributed by atoms with van der Waals surface area (Å²) in [6.45, 7) is 4.23. The van der Waals surface area contributed by atoms with Gasteiger partial charge in [-0.15, -0.1) is 10.2 Å². The molecule has 1 aliphatic carbocycles. The quantitative estimate of drug-likeness (QED) is 0.793. The Morgan fingerprint density at radius 3 is 2.89 bits per heavy atom. The number of rotatable bonds is 5. The van der Waals surface area contributed by atoms with E-state index in [0.29, 0.717) is 24.2 Å². The lowest BCUT2D eigenvalue weighted by atomic mass is 9.77. The summed E-state index contributed by atoms with van der Waals surface area (Å²) >= 11 is 0. The Labute approximate surface area is 165 Å². The molecule has 1 amide bonds. The highest BCUT2D eigenvalue weighted by Crippen LogP contribution is 2.41. The average Bonchev–Trinajstić information content (AvgIpc) is 3.31. The van der Waals surface area contributed by atoms with Crippen LogP contribution in [0.4, 0.5) is 0 Å². The highest BCUT2D eigenvalue weighted by molar-refractivity contribution is 5.84. The van der Waals surface area contributed by atoms with Crippen LogP contribution >= 0.6 is 0 Å². The molecule has 7 heteroatoms. The second kappa shape index (κ2) is 7.28. The number of hydrogen-bond donors (Lipinski definition) is 0. The van der Waals surface area contributed by atoms with E-state index in [9.17, 15) is 4.79 Å². The van der Waals surface area contributed by atoms with Gasteiger partial charge >= 0.3 is 0 Å². The molecule has 1 spiro atoms. The molecule has 2 aliphatic heterocycles. The van der Waals surface area contributed by atoms with Crippen LogP contribution < -0.4 is 0 Å². The first kappa shape index (κ1) is 17.8. The first-order chi connectivity index (χ1) is 13.7. The van der Waals surface area contributed by atoms with Crippen molar-refractivity contribution < 1.29 is 9.21 Å². The maximum absolute atomic E-state index is 13.3. The van der Waals surface area contributed by atoms with Crippen molar-refractivity contribution in [3.05, 3.63) is 30.4 Å². The Morgan fingerprint density at radius 2 is 2.11 bits per heavy atom. The van der Waals surface area contributed by atoms with Crippen molar-refractivity contribution in [2.45, 2.75) is 45.1 Å². The molecule has 5 rings (SSSR count). The largest absolute Gasteiger partial charge is 0.419 e. The number of carbonyl (C=O) groups is 1. The standard InChI is InChI=1S/C21H27N5O2/c27-20-21(7-3-10-26(20)13-16-4-1-5-16)8-11-25(15-21)14-18-23-24-19(28-18)17-6-2-9-22-12-17/h2,6,9,12,16H,1,3-5,7-8,10-11,13-15H2/t21-/m0/s1. The molecule has 3 fully saturated rings. The number of amides is 1. The highest BCUT2D eigenvalue weighted by atomic mass is 16.4. The number of aromatic nitrogens is 3. The maximum atomic E-state index is 13.3. The van der Waals surface area contributed by atoms with Crippen LogP contribution in [-0.2, 0) is 11.3 Å². The Hall–Kier alpha value is -2.28. The minimum atomic E-state index is -0.200. The number of nitrogens with zero attached hydrogens (tertiary/aromatic N) is 5. The third-order valence-electron chi connectivity index (χ3n) is 6.69. The normalized spacial score (nSPS) is 26.1. The van der Waals surface area contributed by atoms with Gasteiger partial charge in [-0.2, -0.15) is 0 Å². The number of carbonyl (C=O) groups excluding carboxylic acids is 1. The number of hydrogen-bond acceptors (Lipinski definition) is 6. The molecule has 0 N–H and O–H groups in total. The van der Waals surface area contributed by atoms with Crippen molar-refractivity contribution in [2.75, 3.05) is 26.2 Å². The van der Waals surface area contributed by atoms with Gasteiger partial charge in [-0.3, -0.25) is 14.7 Å². The highest BCUT2D eigenvalue weighted by Gasteiger charge is 2.48. The minimum Gasteiger partial charge on any atom is -0.419 e. The lowest BCUT2D eigenvalue weighted by molar-refractivity contribution is -0.146. The van der Waals surface area contributed by atoms with Crippen molar-refractivity contribution in [3.8, 4) is 11.5 Å². The lowest BCUT2D eigenvalue weighted by Gasteiger charge is -2.42. The van der Waals surface area contributed by atoms with Crippen LogP contribution in [0.25, 0.3) is 11.5 Å². The summed E-state index contributed by atoms with van der Waals surface area (Å²) in [6, 6.07) is 3.76. The van der Waals surface area contributed by atoms with Gasteiger partial charge in [-0.1, -0.05) is 6.42 Å². The molecule has 2 aromatic heterocycles. The second-order valence-electron chi connectivity index (χ2n) is 8.64. The van der Waals surface area contributed by atoms with Gasteiger partial charge < -0.3 is 9.32 Å². The zero-order valence-corrected chi connectivity index (χ0v) is 16.2. The molecule has 2 saturated heterocycles. The zero-order valence-electron chi connectivity index (χ0n) is 16.2. The van der Waals surface area contributed by atoms with Gasteiger partial charge in [0.2, 0.25) is 17.7 Å². The van der Waals surface area contributed by atoms with Crippen molar-refractivity contribution in [3.63, 3.8) is 0 Å². The van der Waals surface area contributed by atoms with Gasteiger partial charge in [0.1, 0.15) is 0 Å². The van der Waals surface area contributed by atoms with E-state index in [1.807, 2.05) is 12.1 Å². The smallest absolute Gasteiger partial charge is 0.249 e. The zero-order chi connectivity index (χ0) is 19.0. The Morgan fingerprint density at radius 1 is 1.18 bits per heavy atom. The molecule has 2 aromatic rings. The predicted molar refractivity (Wildman–Crippen MR) is 103 cm³/mol. The molecule has 7 nitrogen and oxygen atoms in total. The fourth-order valence-corrected chi connectivity index (χ4v) is 4.90. The Balaban J connectivity index is 1.23. The topological polar surface area (TPSA) is 75.4 Å². The fourth-order valence-electron chi connectivity index (χ4n) is 4.90. The summed E-state index contributed by atoms with van der Waals surface area (Å²) in [4.78, 5) is 21.8. The molecule has 1 atom stereocenters. The second-order valence-corrected chi connectivity index (χ2v) is 8.64. The maximum Gasteiger partial charge on any atom is 0.249 e. The SMILES string of the molecule is O=C1N(CC2CCC2)CCC[C@@]12CCN(Cc1nnc(-c3cccnc3)o1)C2. The minimum absolute atomic E-state index is 0.200. The first-order valence-corrected chi connectivity index (χ1v) is 10.5. The van der Waals surface area contributed by atoms with E-state index in [-0.39, 0.29) is 5.41 Å². The molecular formula is C21H27N5O2. The van der Waals surface area contributed by atoms with Gasteiger partial charge in [-0.25, -0.2) is 0 Å². The van der Waals surface area contributed by atoms with Gasteiger partial charge in [0.05, 0.1) is 17.5 Å². The molecule has 3 aliphatic rings. The van der Waals surface area contributed by atoms with Gasteiger partial charge in [0.25, 0.3) is 0 Å². The molecule has 1 saturated carbocycles. The Bertz CT molecular complexity index is 834. The van der Waals surface area contributed by atoms with E-state index in [4.69, 9.17) is 4.42 Å². The summed E-state index contributed by atoms with van der Waals surface area (Å²) in [6.07, 6.45) is 10.4. The summed E-state index contributed by atoms with van der Waals surface area (Å²) in [7, 11) is 0. The van der Waals surface area contributed by atoms with Crippen molar-refractivity contribution >= 4 is 5.91 Å². The van der Waals surface area contributed by atoms with E-state index in [1.165, 1.54) is 19.3 Å². The van der Waals surface area contributed by atoms with Gasteiger partial charge in [-0.05, 0) is 56.7 Å². The van der Waals surface area contributed by atoms with Crippen LogP contribution in [0.1, 0.15) is 44.4 Å². The fraction of sp³-hybridized carbons (Fsp3) is 0.619. The summed E-state index contributed by atoms with van der Waals surface area (Å²) < 4.78 is 5.83. The van der Waals surface area contributed by atoms with E-state index >= 15 is 0 Å². The number of pyridine rings is 1. The van der Waals surface area contributed by atoms with Crippen molar-refractivity contribution in [1.82, 2.24) is 25.0 Å². The Kier molecular flexibility index (Phi) is 4.62. The monoisotopic (exact) mass is 381 g/mol. The van der Waals surface area contributed by atoms with E-state index in [2.05, 4.69) is 25.0 Å². The van der Waals surface area contributed by atoms with E-state index in [0.717, 1.165) is 56.9 Å². The summed E-state index contributed by atoms with van der Waals surface area (Å²) in [5, 5.41) is 8.35. The predicted octanol–water partition coefficient (Wildman–Crippen LogP) is 2.75. The third kappa shape index (κ3) is 3.32. The van der Waals surface area contributed by atoms with Crippen molar-refractivity contribution in [1.29, 1.82) is 0 Å². The molecule has 0 radical (unpaired) electrons. The van der Waals surface area contributed by atoms with Crippen LogP contribution in [0.2, 0.25) is 0 Å². The summed E-state index contributed by atoms with van der Waals surface area (Å²) in [5.74, 6) is 2.22. The molecule has 0 unspecified atom stereocenters. The van der Waals surface area contributed by atoms with Crippen LogP contribution in [0.5, 0.6) is 0 Å². The first-order valence-electron chi connectivity index (χ1n) is 10.5. The third-order valence-corrected chi connectivity index (χ3v) is 6.69. The van der Waals surface area contributed by atoms with Crippen molar-refractivity contribution in [2.24, 2.45) is 11.3 Å². The molecule has 148 valence electrons. The summed E-state index contributed by atoms with van der Waals surface area (Å²) in [5.41, 5.74) is 0.627. The van der Waals surface area contributed by atoms with Crippen LogP contribution in [0, 0.1) is 11.3 Å². The molecule has 28 heavy (non-hydrogen) atoms. The van der Waals surface area contributed by atoms with E-state index < -0.39 is 0 Å². The lowest BCUT2D eigenvalue weighted by Crippen LogP contribution is -2.51. The van der Waals surface area contributed by atoms with E-state index in [1.54, 1.807) is 12.4 Å².